The van der Waals surface area contributed by atoms with Gasteiger partial charge in [0.15, 0.2) is 0 Å². The molecule has 1 aromatic rings. The minimum atomic E-state index is -0.214. The number of hydrogen-bond acceptors (Lipinski definition) is 1. The lowest BCUT2D eigenvalue weighted by atomic mass is 9.89. The first kappa shape index (κ1) is 12.8. The van der Waals surface area contributed by atoms with Gasteiger partial charge in [0.2, 0.25) is 0 Å². The Balaban J connectivity index is 1.81. The predicted octanol–water partition coefficient (Wildman–Crippen LogP) is 4.15. The van der Waals surface area contributed by atoms with Crippen molar-refractivity contribution in [2.24, 2.45) is 5.92 Å². The fraction of sp³-hybridized carbons (Fsp3) is 0.571. The first-order chi connectivity index (χ1) is 8.27. The van der Waals surface area contributed by atoms with Gasteiger partial charge in [0, 0.05) is 17.1 Å². The Hall–Kier alpha value is -0.600. The molecule has 2 rings (SSSR count). The van der Waals surface area contributed by atoms with Gasteiger partial charge in [-0.1, -0.05) is 36.9 Å². The fourth-order valence-electron chi connectivity index (χ4n) is 2.49. The first-order valence-corrected chi connectivity index (χ1v) is 6.79. The van der Waals surface area contributed by atoms with Gasteiger partial charge >= 0.3 is 0 Å². The zero-order valence-corrected chi connectivity index (χ0v) is 10.8. The Morgan fingerprint density at radius 3 is 2.71 bits per heavy atom. The zero-order valence-electron chi connectivity index (χ0n) is 10.0. The van der Waals surface area contributed by atoms with E-state index in [0.29, 0.717) is 17.1 Å². The molecule has 1 nitrogen and oxygen atoms in total. The third-order valence-corrected chi connectivity index (χ3v) is 3.88. The van der Waals surface area contributed by atoms with Crippen LogP contribution in [-0.4, -0.2) is 6.54 Å². The van der Waals surface area contributed by atoms with Crippen LogP contribution < -0.4 is 5.32 Å². The van der Waals surface area contributed by atoms with E-state index in [4.69, 9.17) is 11.6 Å². The summed E-state index contributed by atoms with van der Waals surface area (Å²) in [6.45, 7) is 1.51. The highest BCUT2D eigenvalue weighted by molar-refractivity contribution is 6.31. The SMILES string of the molecule is Fc1cccc(Cl)c1CNCC1CCCCC1. The largest absolute Gasteiger partial charge is 0.312 e. The summed E-state index contributed by atoms with van der Waals surface area (Å²) in [4.78, 5) is 0. The van der Waals surface area contributed by atoms with E-state index in [0.717, 1.165) is 12.5 Å². The van der Waals surface area contributed by atoms with E-state index in [1.165, 1.54) is 38.2 Å². The number of benzene rings is 1. The standard InChI is InChI=1S/C14H19ClFN/c15-13-7-4-8-14(16)12(13)10-17-9-11-5-2-1-3-6-11/h4,7-8,11,17H,1-3,5-6,9-10H2. The van der Waals surface area contributed by atoms with Gasteiger partial charge in [-0.25, -0.2) is 4.39 Å². The average molecular weight is 256 g/mol. The Kier molecular flexibility index (Phi) is 4.81. The number of halogens is 2. The third-order valence-electron chi connectivity index (χ3n) is 3.52. The van der Waals surface area contributed by atoms with Crippen LogP contribution in [-0.2, 0) is 6.54 Å². The van der Waals surface area contributed by atoms with Crippen molar-refractivity contribution in [3.63, 3.8) is 0 Å². The van der Waals surface area contributed by atoms with Crippen LogP contribution in [0.4, 0.5) is 4.39 Å². The van der Waals surface area contributed by atoms with Gasteiger partial charge in [-0.15, -0.1) is 0 Å². The Morgan fingerprint density at radius 2 is 2.00 bits per heavy atom. The summed E-state index contributed by atoms with van der Waals surface area (Å²) in [5.41, 5.74) is 0.588. The first-order valence-electron chi connectivity index (χ1n) is 6.41. The number of hydrogen-bond donors (Lipinski definition) is 1. The van der Waals surface area contributed by atoms with Crippen LogP contribution in [0.5, 0.6) is 0 Å². The van der Waals surface area contributed by atoms with E-state index < -0.39 is 0 Å². The molecule has 0 spiro atoms. The van der Waals surface area contributed by atoms with Crippen LogP contribution in [0.1, 0.15) is 37.7 Å². The zero-order chi connectivity index (χ0) is 12.1. The van der Waals surface area contributed by atoms with Crippen LogP contribution in [0.3, 0.4) is 0 Å². The van der Waals surface area contributed by atoms with Gasteiger partial charge < -0.3 is 5.32 Å². The summed E-state index contributed by atoms with van der Waals surface area (Å²) < 4.78 is 13.5. The molecule has 0 aromatic heterocycles. The maximum atomic E-state index is 13.5. The van der Waals surface area contributed by atoms with Gasteiger partial charge in [-0.3, -0.25) is 0 Å². The third kappa shape index (κ3) is 3.68. The lowest BCUT2D eigenvalue weighted by Crippen LogP contribution is -2.24. The van der Waals surface area contributed by atoms with E-state index >= 15 is 0 Å². The number of rotatable bonds is 4. The quantitative estimate of drug-likeness (QED) is 0.852. The lowest BCUT2D eigenvalue weighted by molar-refractivity contribution is 0.341. The molecular formula is C14H19ClFN. The van der Waals surface area contributed by atoms with E-state index in [-0.39, 0.29) is 5.82 Å². The van der Waals surface area contributed by atoms with Crippen molar-refractivity contribution in [2.45, 2.75) is 38.6 Å². The minimum Gasteiger partial charge on any atom is -0.312 e. The van der Waals surface area contributed by atoms with Crippen LogP contribution in [0.2, 0.25) is 5.02 Å². The summed E-state index contributed by atoms with van der Waals surface area (Å²) in [6.07, 6.45) is 6.66. The maximum Gasteiger partial charge on any atom is 0.129 e. The minimum absolute atomic E-state index is 0.214. The Morgan fingerprint density at radius 1 is 1.24 bits per heavy atom. The highest BCUT2D eigenvalue weighted by Gasteiger charge is 2.13. The van der Waals surface area contributed by atoms with Gasteiger partial charge in [0.25, 0.3) is 0 Å². The average Bonchev–Trinajstić information content (AvgIpc) is 2.34. The molecule has 1 aliphatic carbocycles. The molecule has 94 valence electrons. The van der Waals surface area contributed by atoms with Crippen molar-refractivity contribution in [3.05, 3.63) is 34.6 Å². The van der Waals surface area contributed by atoms with Gasteiger partial charge in [-0.05, 0) is 37.4 Å². The summed E-state index contributed by atoms with van der Waals surface area (Å²) in [7, 11) is 0. The smallest absolute Gasteiger partial charge is 0.129 e. The van der Waals surface area contributed by atoms with Crippen molar-refractivity contribution in [1.29, 1.82) is 0 Å². The van der Waals surface area contributed by atoms with E-state index in [1.807, 2.05) is 0 Å². The van der Waals surface area contributed by atoms with Gasteiger partial charge in [0.05, 0.1) is 0 Å². The Labute approximate surface area is 107 Å². The summed E-state index contributed by atoms with van der Waals surface area (Å²) in [6, 6.07) is 4.84. The number of nitrogens with one attached hydrogen (secondary N) is 1. The van der Waals surface area contributed by atoms with Crippen LogP contribution >= 0.6 is 11.6 Å². The van der Waals surface area contributed by atoms with Gasteiger partial charge in [-0.2, -0.15) is 0 Å². The molecule has 3 heteroatoms. The van der Waals surface area contributed by atoms with E-state index in [2.05, 4.69) is 5.32 Å². The molecule has 0 saturated heterocycles. The highest BCUT2D eigenvalue weighted by atomic mass is 35.5. The molecule has 0 heterocycles. The molecule has 0 atom stereocenters. The molecule has 0 bridgehead atoms. The summed E-state index contributed by atoms with van der Waals surface area (Å²) >= 11 is 5.97. The maximum absolute atomic E-state index is 13.5. The second kappa shape index (κ2) is 6.36. The monoisotopic (exact) mass is 255 g/mol. The van der Waals surface area contributed by atoms with E-state index in [1.54, 1.807) is 12.1 Å². The van der Waals surface area contributed by atoms with Crippen molar-refractivity contribution < 1.29 is 4.39 Å². The van der Waals surface area contributed by atoms with E-state index in [9.17, 15) is 4.39 Å². The molecule has 0 aliphatic heterocycles. The fourth-order valence-corrected chi connectivity index (χ4v) is 2.72. The molecule has 0 unspecified atom stereocenters. The molecule has 1 fully saturated rings. The Bertz CT molecular complexity index is 341. The van der Waals surface area contributed by atoms with Crippen molar-refractivity contribution in [3.8, 4) is 0 Å². The van der Waals surface area contributed by atoms with Crippen molar-refractivity contribution in [2.75, 3.05) is 6.54 Å². The van der Waals surface area contributed by atoms with Gasteiger partial charge in [0.1, 0.15) is 5.82 Å². The molecule has 1 saturated carbocycles. The van der Waals surface area contributed by atoms with Crippen LogP contribution in [0, 0.1) is 11.7 Å². The molecule has 1 aromatic carbocycles. The normalized spacial score (nSPS) is 17.3. The molecular weight excluding hydrogens is 237 g/mol. The second-order valence-electron chi connectivity index (χ2n) is 4.84. The topological polar surface area (TPSA) is 12.0 Å². The summed E-state index contributed by atoms with van der Waals surface area (Å²) in [5.74, 6) is 0.544. The molecule has 0 amide bonds. The summed E-state index contributed by atoms with van der Waals surface area (Å²) in [5, 5.41) is 3.84. The van der Waals surface area contributed by atoms with Crippen LogP contribution in [0.15, 0.2) is 18.2 Å². The lowest BCUT2D eigenvalue weighted by Gasteiger charge is -2.22. The predicted molar refractivity (Wildman–Crippen MR) is 69.7 cm³/mol. The highest BCUT2D eigenvalue weighted by Crippen LogP contribution is 2.23. The van der Waals surface area contributed by atoms with Crippen LogP contribution in [0.25, 0.3) is 0 Å². The van der Waals surface area contributed by atoms with Crippen molar-refractivity contribution in [1.82, 2.24) is 5.32 Å². The molecule has 0 radical (unpaired) electrons. The molecule has 17 heavy (non-hydrogen) atoms. The molecule has 1 N–H and O–H groups in total. The second-order valence-corrected chi connectivity index (χ2v) is 5.24. The van der Waals surface area contributed by atoms with Crippen molar-refractivity contribution >= 4 is 11.6 Å². The molecule has 1 aliphatic rings.